The number of tetrazole rings is 1. The highest BCUT2D eigenvalue weighted by Gasteiger charge is 2.14. The molecule has 9 nitrogen and oxygen atoms in total. The number of hydrogen-bond acceptors (Lipinski definition) is 5. The summed E-state index contributed by atoms with van der Waals surface area (Å²) < 4.78 is 0. The summed E-state index contributed by atoms with van der Waals surface area (Å²) >= 11 is 5.77. The quantitative estimate of drug-likeness (QED) is 0.782. The number of rotatable bonds is 3. The number of carboxylic acid groups (broad SMARTS) is 1. The van der Waals surface area contributed by atoms with Gasteiger partial charge < -0.3 is 10.4 Å². The highest BCUT2D eigenvalue weighted by molar-refractivity contribution is 6.31. The van der Waals surface area contributed by atoms with E-state index in [4.69, 9.17) is 16.7 Å². The lowest BCUT2D eigenvalue weighted by molar-refractivity contribution is 0.0698. The first-order valence-corrected chi connectivity index (χ1v) is 5.68. The number of aromatic carboxylic acids is 1. The van der Waals surface area contributed by atoms with Crippen LogP contribution in [-0.4, -0.2) is 37.3 Å². The van der Waals surface area contributed by atoms with Gasteiger partial charge in [-0.3, -0.25) is 5.32 Å². The van der Waals surface area contributed by atoms with Gasteiger partial charge in [0.25, 0.3) is 5.95 Å². The second-order valence-electron chi connectivity index (χ2n) is 3.68. The second-order valence-corrected chi connectivity index (χ2v) is 4.11. The molecule has 0 aliphatic carbocycles. The van der Waals surface area contributed by atoms with Crippen molar-refractivity contribution in [3.63, 3.8) is 0 Å². The van der Waals surface area contributed by atoms with Crippen molar-refractivity contribution in [2.24, 2.45) is 7.05 Å². The lowest BCUT2D eigenvalue weighted by Crippen LogP contribution is -2.21. The molecule has 0 aliphatic heterocycles. The molecule has 0 saturated heterocycles. The van der Waals surface area contributed by atoms with E-state index >= 15 is 0 Å². The third-order valence-corrected chi connectivity index (χ3v) is 2.43. The normalized spacial score (nSPS) is 10.1. The number of nitrogens with zero attached hydrogens (tertiary/aromatic N) is 4. The SMILES string of the molecule is Cn1nnc(NC(=O)Nc2cc(Cl)ccc2C(=O)O)n1. The molecule has 2 rings (SSSR count). The van der Waals surface area contributed by atoms with Crippen molar-refractivity contribution in [1.29, 1.82) is 0 Å². The maximum atomic E-state index is 11.7. The van der Waals surface area contributed by atoms with Crippen molar-refractivity contribution in [2.45, 2.75) is 0 Å². The number of anilines is 2. The van der Waals surface area contributed by atoms with Gasteiger partial charge >= 0.3 is 12.0 Å². The lowest BCUT2D eigenvalue weighted by Gasteiger charge is -2.08. The molecule has 0 fully saturated rings. The highest BCUT2D eigenvalue weighted by Crippen LogP contribution is 2.21. The first kappa shape index (κ1) is 13.7. The predicted octanol–water partition coefficient (Wildman–Crippen LogP) is 1.21. The zero-order chi connectivity index (χ0) is 14.7. The van der Waals surface area contributed by atoms with E-state index in [0.29, 0.717) is 5.02 Å². The fourth-order valence-electron chi connectivity index (χ4n) is 1.40. The van der Waals surface area contributed by atoms with Crippen molar-refractivity contribution in [3.8, 4) is 0 Å². The van der Waals surface area contributed by atoms with Crippen LogP contribution in [0, 0.1) is 0 Å². The Hall–Kier alpha value is -2.68. The number of aromatic nitrogens is 4. The molecule has 0 spiro atoms. The summed E-state index contributed by atoms with van der Waals surface area (Å²) in [5.41, 5.74) is -0.0250. The lowest BCUT2D eigenvalue weighted by atomic mass is 10.2. The number of halogens is 1. The van der Waals surface area contributed by atoms with E-state index in [1.165, 1.54) is 25.2 Å². The fraction of sp³-hybridized carbons (Fsp3) is 0.100. The Labute approximate surface area is 117 Å². The molecular formula is C10H9ClN6O3. The molecular weight excluding hydrogens is 288 g/mol. The number of carbonyl (C=O) groups excluding carboxylic acids is 1. The molecule has 2 aromatic rings. The predicted molar refractivity (Wildman–Crippen MR) is 69.9 cm³/mol. The molecule has 0 radical (unpaired) electrons. The van der Waals surface area contributed by atoms with Gasteiger partial charge in [-0.1, -0.05) is 16.7 Å². The molecule has 0 aliphatic rings. The van der Waals surface area contributed by atoms with Crippen LogP contribution in [0.3, 0.4) is 0 Å². The number of amides is 2. The smallest absolute Gasteiger partial charge is 0.337 e. The van der Waals surface area contributed by atoms with E-state index < -0.39 is 12.0 Å². The maximum Gasteiger partial charge on any atom is 0.337 e. The van der Waals surface area contributed by atoms with Crippen molar-refractivity contribution < 1.29 is 14.7 Å². The number of urea groups is 1. The van der Waals surface area contributed by atoms with Crippen LogP contribution in [0.1, 0.15) is 10.4 Å². The first-order valence-electron chi connectivity index (χ1n) is 5.30. The second kappa shape index (κ2) is 5.53. The number of benzene rings is 1. The summed E-state index contributed by atoms with van der Waals surface area (Å²) in [6.45, 7) is 0. The molecule has 2 amide bonds. The van der Waals surface area contributed by atoms with Gasteiger partial charge in [-0.05, 0) is 23.4 Å². The minimum Gasteiger partial charge on any atom is -0.478 e. The molecule has 3 N–H and O–H groups in total. The molecule has 1 aromatic carbocycles. The molecule has 0 bridgehead atoms. The Bertz CT molecular complexity index is 671. The summed E-state index contributed by atoms with van der Waals surface area (Å²) in [7, 11) is 1.54. The summed E-state index contributed by atoms with van der Waals surface area (Å²) in [5, 5.41) is 24.8. The Morgan fingerprint density at radius 3 is 2.70 bits per heavy atom. The van der Waals surface area contributed by atoms with Crippen LogP contribution >= 0.6 is 11.6 Å². The zero-order valence-corrected chi connectivity index (χ0v) is 10.9. The van der Waals surface area contributed by atoms with E-state index in [0.717, 1.165) is 4.80 Å². The summed E-state index contributed by atoms with van der Waals surface area (Å²) in [6.07, 6.45) is 0. The van der Waals surface area contributed by atoms with Gasteiger partial charge in [-0.2, -0.15) is 4.80 Å². The minimum absolute atomic E-state index is 0.0103. The van der Waals surface area contributed by atoms with Gasteiger partial charge in [0.2, 0.25) is 0 Å². The molecule has 20 heavy (non-hydrogen) atoms. The largest absolute Gasteiger partial charge is 0.478 e. The van der Waals surface area contributed by atoms with Crippen LogP contribution in [0.25, 0.3) is 0 Å². The Morgan fingerprint density at radius 1 is 1.35 bits per heavy atom. The molecule has 0 unspecified atom stereocenters. The Morgan fingerprint density at radius 2 is 2.10 bits per heavy atom. The van der Waals surface area contributed by atoms with Gasteiger partial charge in [-0.15, -0.1) is 5.10 Å². The van der Waals surface area contributed by atoms with Crippen molar-refractivity contribution in [1.82, 2.24) is 20.2 Å². The number of carbonyl (C=O) groups is 2. The van der Waals surface area contributed by atoms with Crippen molar-refractivity contribution in [3.05, 3.63) is 28.8 Å². The number of nitrogens with one attached hydrogen (secondary N) is 2. The van der Waals surface area contributed by atoms with E-state index in [1.54, 1.807) is 0 Å². The first-order chi connectivity index (χ1) is 9.45. The third-order valence-electron chi connectivity index (χ3n) is 2.19. The maximum absolute atomic E-state index is 11.7. The van der Waals surface area contributed by atoms with Gasteiger partial charge in [0.1, 0.15) is 0 Å². The zero-order valence-electron chi connectivity index (χ0n) is 10.2. The molecule has 10 heteroatoms. The summed E-state index contributed by atoms with van der Waals surface area (Å²) in [5.74, 6) is -1.20. The van der Waals surface area contributed by atoms with Crippen LogP contribution in [0.2, 0.25) is 5.02 Å². The number of carboxylic acids is 1. The van der Waals surface area contributed by atoms with E-state index in [9.17, 15) is 9.59 Å². The van der Waals surface area contributed by atoms with Gasteiger partial charge in [0.15, 0.2) is 0 Å². The molecule has 0 atom stereocenters. The highest BCUT2D eigenvalue weighted by atomic mass is 35.5. The standard InChI is InChI=1S/C10H9ClN6O3/c1-17-15-9(14-16-17)13-10(20)12-7-4-5(11)2-3-6(7)8(18)19/h2-4H,1H3,(H,18,19)(H2,12,13,15,20). The van der Waals surface area contributed by atoms with E-state index in [1.807, 2.05) is 0 Å². The van der Waals surface area contributed by atoms with Gasteiger partial charge in [0.05, 0.1) is 18.3 Å². The Kier molecular flexibility index (Phi) is 3.80. The van der Waals surface area contributed by atoms with E-state index in [2.05, 4.69) is 26.0 Å². The van der Waals surface area contributed by atoms with Crippen LogP contribution in [-0.2, 0) is 7.05 Å². The fourth-order valence-corrected chi connectivity index (χ4v) is 1.57. The minimum atomic E-state index is -1.19. The summed E-state index contributed by atoms with van der Waals surface area (Å²) in [4.78, 5) is 23.9. The topological polar surface area (TPSA) is 122 Å². The molecule has 1 heterocycles. The van der Waals surface area contributed by atoms with Crippen LogP contribution in [0.15, 0.2) is 18.2 Å². The monoisotopic (exact) mass is 296 g/mol. The third kappa shape index (κ3) is 3.20. The van der Waals surface area contributed by atoms with Crippen molar-refractivity contribution in [2.75, 3.05) is 10.6 Å². The Balaban J connectivity index is 2.15. The van der Waals surface area contributed by atoms with Gasteiger partial charge in [-0.25, -0.2) is 9.59 Å². The van der Waals surface area contributed by atoms with Crippen LogP contribution in [0.4, 0.5) is 16.4 Å². The van der Waals surface area contributed by atoms with Crippen molar-refractivity contribution >= 4 is 35.2 Å². The average molecular weight is 297 g/mol. The molecule has 1 aromatic heterocycles. The average Bonchev–Trinajstić information content (AvgIpc) is 2.74. The van der Waals surface area contributed by atoms with Gasteiger partial charge in [0, 0.05) is 5.02 Å². The number of aryl methyl sites for hydroxylation is 1. The van der Waals surface area contributed by atoms with E-state index in [-0.39, 0.29) is 17.2 Å². The number of hydrogen-bond donors (Lipinski definition) is 3. The molecule has 104 valence electrons. The van der Waals surface area contributed by atoms with Crippen LogP contribution < -0.4 is 10.6 Å². The summed E-state index contributed by atoms with van der Waals surface area (Å²) in [6, 6.07) is 3.33. The molecule has 0 saturated carbocycles. The van der Waals surface area contributed by atoms with Crippen LogP contribution in [0.5, 0.6) is 0 Å².